The molecule has 0 radical (unpaired) electrons. The van der Waals surface area contributed by atoms with E-state index in [2.05, 4.69) is 40.8 Å². The van der Waals surface area contributed by atoms with Gasteiger partial charge in [0.2, 0.25) is 0 Å². The smallest absolute Gasteiger partial charge is 0.253 e. The number of carbonyl (C=O) groups excluding carboxylic acids is 1. The number of amides is 1. The summed E-state index contributed by atoms with van der Waals surface area (Å²) in [4.78, 5) is 19.5. The summed E-state index contributed by atoms with van der Waals surface area (Å²) in [5.74, 6) is 0.487. The lowest BCUT2D eigenvalue weighted by atomic mass is 9.98. The second kappa shape index (κ2) is 6.80. The summed E-state index contributed by atoms with van der Waals surface area (Å²) in [6.45, 7) is 1.61. The van der Waals surface area contributed by atoms with Gasteiger partial charge in [0.15, 0.2) is 0 Å². The second-order valence-electron chi connectivity index (χ2n) is 6.12. The van der Waals surface area contributed by atoms with Crippen molar-refractivity contribution in [2.75, 3.05) is 13.1 Å². The van der Waals surface area contributed by atoms with Crippen molar-refractivity contribution in [3.63, 3.8) is 0 Å². The number of benzene rings is 2. The molecule has 1 aliphatic rings. The molecule has 0 aliphatic carbocycles. The van der Waals surface area contributed by atoms with Crippen LogP contribution in [0.25, 0.3) is 10.2 Å². The Balaban J connectivity index is 1.54. The molecule has 0 saturated carbocycles. The van der Waals surface area contributed by atoms with E-state index in [0.717, 1.165) is 45.6 Å². The van der Waals surface area contributed by atoms with Crippen molar-refractivity contribution in [2.45, 2.75) is 18.8 Å². The number of aromatic nitrogens is 1. The van der Waals surface area contributed by atoms with Gasteiger partial charge in [-0.25, -0.2) is 4.98 Å². The highest BCUT2D eigenvalue weighted by atomic mass is 127. The average molecular weight is 448 g/mol. The molecule has 1 aliphatic heterocycles. The van der Waals surface area contributed by atoms with Crippen LogP contribution in [0.5, 0.6) is 0 Å². The van der Waals surface area contributed by atoms with E-state index in [4.69, 9.17) is 4.98 Å². The number of para-hydroxylation sites is 1. The molecule has 1 fully saturated rings. The predicted octanol–water partition coefficient (Wildman–Crippen LogP) is 4.92. The Morgan fingerprint density at radius 2 is 1.96 bits per heavy atom. The summed E-state index contributed by atoms with van der Waals surface area (Å²) in [6.07, 6.45) is 2.15. The number of hydrogen-bond donors (Lipinski definition) is 0. The zero-order chi connectivity index (χ0) is 16.5. The number of nitrogens with zero attached hydrogens (tertiary/aromatic N) is 2. The quantitative estimate of drug-likeness (QED) is 0.522. The van der Waals surface area contributed by atoms with Gasteiger partial charge in [0.1, 0.15) is 0 Å². The van der Waals surface area contributed by atoms with Crippen LogP contribution in [-0.2, 0) is 0 Å². The third-order valence-electron chi connectivity index (χ3n) is 4.46. The number of carbonyl (C=O) groups is 1. The maximum atomic E-state index is 12.8. The first-order valence-corrected chi connectivity index (χ1v) is 10.0. The number of hydrogen-bond acceptors (Lipinski definition) is 3. The third-order valence-corrected chi connectivity index (χ3v) is 6.38. The zero-order valence-electron chi connectivity index (χ0n) is 13.1. The summed E-state index contributed by atoms with van der Waals surface area (Å²) in [6, 6.07) is 16.1. The minimum atomic E-state index is 0.136. The van der Waals surface area contributed by atoms with Crippen LogP contribution >= 0.6 is 33.9 Å². The molecule has 4 rings (SSSR count). The minimum Gasteiger partial charge on any atom is -0.338 e. The lowest BCUT2D eigenvalue weighted by Gasteiger charge is -2.32. The maximum Gasteiger partial charge on any atom is 0.253 e. The number of fused-ring (bicyclic) bond motifs is 1. The lowest BCUT2D eigenvalue weighted by molar-refractivity contribution is 0.0707. The van der Waals surface area contributed by atoms with Crippen molar-refractivity contribution in [1.29, 1.82) is 0 Å². The van der Waals surface area contributed by atoms with Gasteiger partial charge in [0.05, 0.1) is 15.2 Å². The summed E-state index contributed by atoms with van der Waals surface area (Å²) in [7, 11) is 0. The Kier molecular flexibility index (Phi) is 4.54. The fourth-order valence-electron chi connectivity index (χ4n) is 3.20. The van der Waals surface area contributed by atoms with Gasteiger partial charge in [-0.15, -0.1) is 11.3 Å². The topological polar surface area (TPSA) is 33.2 Å². The van der Waals surface area contributed by atoms with Crippen LogP contribution in [-0.4, -0.2) is 28.9 Å². The van der Waals surface area contributed by atoms with Crippen molar-refractivity contribution in [3.05, 3.63) is 62.7 Å². The molecular formula is C19H17IN2OS. The van der Waals surface area contributed by atoms with Gasteiger partial charge in [0.25, 0.3) is 5.91 Å². The molecule has 3 aromatic rings. The molecule has 0 spiro atoms. The van der Waals surface area contributed by atoms with Crippen LogP contribution in [0.2, 0.25) is 0 Å². The Labute approximate surface area is 158 Å². The van der Waals surface area contributed by atoms with Crippen molar-refractivity contribution in [3.8, 4) is 0 Å². The summed E-state index contributed by atoms with van der Waals surface area (Å²) in [5.41, 5.74) is 1.85. The molecule has 0 unspecified atom stereocenters. The van der Waals surface area contributed by atoms with Crippen LogP contribution in [0.4, 0.5) is 0 Å². The van der Waals surface area contributed by atoms with E-state index in [1.165, 1.54) is 4.70 Å². The number of thiazole rings is 1. The fourth-order valence-corrected chi connectivity index (χ4v) is 4.66. The molecule has 2 aromatic carbocycles. The lowest BCUT2D eigenvalue weighted by Crippen LogP contribution is -2.39. The third kappa shape index (κ3) is 3.19. The van der Waals surface area contributed by atoms with E-state index in [1.54, 1.807) is 11.3 Å². The van der Waals surface area contributed by atoms with Gasteiger partial charge in [0, 0.05) is 28.1 Å². The standard InChI is InChI=1S/C19H17IN2OS/c20-15-9-7-13(8-10-15)19(23)22-11-3-4-14(12-22)18-21-16-5-1-2-6-17(16)24-18/h1-2,5-10,14H,3-4,11-12H2/t14-/m0/s1. The van der Waals surface area contributed by atoms with Crippen molar-refractivity contribution in [2.24, 2.45) is 0 Å². The Hall–Kier alpha value is -1.47. The molecule has 1 amide bonds. The van der Waals surface area contributed by atoms with E-state index in [9.17, 15) is 4.79 Å². The molecule has 1 aromatic heterocycles. The van der Waals surface area contributed by atoms with E-state index < -0.39 is 0 Å². The van der Waals surface area contributed by atoms with Gasteiger partial charge in [-0.3, -0.25) is 4.79 Å². The summed E-state index contributed by atoms with van der Waals surface area (Å²) in [5, 5.41) is 1.16. The molecule has 2 heterocycles. The maximum absolute atomic E-state index is 12.8. The van der Waals surface area contributed by atoms with E-state index in [0.29, 0.717) is 5.92 Å². The van der Waals surface area contributed by atoms with E-state index >= 15 is 0 Å². The Morgan fingerprint density at radius 3 is 2.75 bits per heavy atom. The van der Waals surface area contributed by atoms with Crippen molar-refractivity contribution in [1.82, 2.24) is 9.88 Å². The SMILES string of the molecule is O=C(c1ccc(I)cc1)N1CCC[C@H](c2nc3ccccc3s2)C1. The number of likely N-dealkylation sites (tertiary alicyclic amines) is 1. The average Bonchev–Trinajstić information content (AvgIpc) is 3.06. The predicted molar refractivity (Wildman–Crippen MR) is 107 cm³/mol. The van der Waals surface area contributed by atoms with Crippen LogP contribution in [0.15, 0.2) is 48.5 Å². The van der Waals surface area contributed by atoms with Crippen LogP contribution in [0.3, 0.4) is 0 Å². The molecule has 5 heteroatoms. The molecule has 3 nitrogen and oxygen atoms in total. The second-order valence-corrected chi connectivity index (χ2v) is 8.42. The molecule has 1 atom stereocenters. The van der Waals surface area contributed by atoms with Gasteiger partial charge < -0.3 is 4.90 Å². The highest BCUT2D eigenvalue weighted by molar-refractivity contribution is 14.1. The zero-order valence-corrected chi connectivity index (χ0v) is 16.1. The molecule has 0 N–H and O–H groups in total. The van der Waals surface area contributed by atoms with Crippen molar-refractivity contribution < 1.29 is 4.79 Å². The van der Waals surface area contributed by atoms with Crippen LogP contribution < -0.4 is 0 Å². The van der Waals surface area contributed by atoms with E-state index in [1.807, 2.05) is 35.2 Å². The normalized spacial score (nSPS) is 18.0. The highest BCUT2D eigenvalue weighted by Crippen LogP contribution is 2.33. The first kappa shape index (κ1) is 16.0. The highest BCUT2D eigenvalue weighted by Gasteiger charge is 2.27. The minimum absolute atomic E-state index is 0.136. The molecular weight excluding hydrogens is 431 g/mol. The number of rotatable bonds is 2. The van der Waals surface area contributed by atoms with Crippen LogP contribution in [0, 0.1) is 3.57 Å². The van der Waals surface area contributed by atoms with Gasteiger partial charge in [-0.2, -0.15) is 0 Å². The largest absolute Gasteiger partial charge is 0.338 e. The Bertz CT molecular complexity index is 841. The van der Waals surface area contributed by atoms with Gasteiger partial charge >= 0.3 is 0 Å². The van der Waals surface area contributed by atoms with Crippen molar-refractivity contribution >= 4 is 50.1 Å². The number of piperidine rings is 1. The summed E-state index contributed by atoms with van der Waals surface area (Å²) >= 11 is 4.03. The Morgan fingerprint density at radius 1 is 1.17 bits per heavy atom. The molecule has 24 heavy (non-hydrogen) atoms. The van der Waals surface area contributed by atoms with E-state index in [-0.39, 0.29) is 5.91 Å². The first-order valence-electron chi connectivity index (χ1n) is 8.11. The number of halogens is 1. The monoisotopic (exact) mass is 448 g/mol. The first-order chi connectivity index (χ1) is 11.7. The summed E-state index contributed by atoms with van der Waals surface area (Å²) < 4.78 is 2.38. The molecule has 1 saturated heterocycles. The fraction of sp³-hybridized carbons (Fsp3) is 0.263. The molecule has 0 bridgehead atoms. The molecule has 122 valence electrons. The van der Waals surface area contributed by atoms with Gasteiger partial charge in [-0.05, 0) is 71.8 Å². The van der Waals surface area contributed by atoms with Crippen LogP contribution in [0.1, 0.15) is 34.1 Å². The van der Waals surface area contributed by atoms with Gasteiger partial charge in [-0.1, -0.05) is 12.1 Å².